The fraction of sp³-hybridized carbons (Fsp3) is 0.429. The van der Waals surface area contributed by atoms with Crippen molar-refractivity contribution >= 4 is 11.0 Å². The first-order valence-corrected chi connectivity index (χ1v) is 6.22. The molecule has 2 aromatic rings. The van der Waals surface area contributed by atoms with Crippen LogP contribution in [0.5, 0.6) is 0 Å². The number of alkyl halides is 2. The molecule has 1 aromatic heterocycles. The molecule has 0 aliphatic carbocycles. The van der Waals surface area contributed by atoms with E-state index in [1.165, 1.54) is 0 Å². The molecule has 19 heavy (non-hydrogen) atoms. The van der Waals surface area contributed by atoms with Gasteiger partial charge in [0.1, 0.15) is 11.3 Å². The predicted octanol–water partition coefficient (Wildman–Crippen LogP) is 2.89. The molecule has 1 N–H and O–H groups in total. The van der Waals surface area contributed by atoms with E-state index in [1.54, 1.807) is 19.0 Å². The summed E-state index contributed by atoms with van der Waals surface area (Å²) in [5.41, 5.74) is 0.814. The minimum Gasteiger partial charge on any atom is -0.459 e. The summed E-state index contributed by atoms with van der Waals surface area (Å²) in [6.07, 6.45) is -2.32. The van der Waals surface area contributed by atoms with Gasteiger partial charge in [-0.05, 0) is 26.2 Å². The van der Waals surface area contributed by atoms with Crippen molar-refractivity contribution in [2.75, 3.05) is 27.2 Å². The molecule has 0 aliphatic heterocycles. The number of halogens is 2. The zero-order chi connectivity index (χ0) is 13.8. The summed E-state index contributed by atoms with van der Waals surface area (Å²) in [5, 5.41) is 4.13. The molecule has 2 rings (SSSR count). The van der Waals surface area contributed by atoms with Gasteiger partial charge in [0.15, 0.2) is 0 Å². The molecular weight excluding hydrogens is 250 g/mol. The van der Waals surface area contributed by atoms with Gasteiger partial charge in [-0.25, -0.2) is 8.78 Å². The molecular formula is C14H18F2N2O. The first kappa shape index (κ1) is 14.0. The maximum Gasteiger partial charge on any atom is 0.251 e. The number of rotatable bonds is 6. The van der Waals surface area contributed by atoms with Crippen molar-refractivity contribution in [1.82, 2.24) is 10.2 Å². The standard InChI is InChI=1S/C14H18F2N2O/c1-17-11(8-18(2)9-14(15)16)13-7-10-5-3-4-6-12(10)19-13/h3-7,11,14,17H,8-9H2,1-2H3. The van der Waals surface area contributed by atoms with Crippen LogP contribution in [-0.2, 0) is 0 Å². The second-order valence-corrected chi connectivity index (χ2v) is 4.64. The maximum atomic E-state index is 12.3. The third-order valence-electron chi connectivity index (χ3n) is 3.08. The number of fused-ring (bicyclic) bond motifs is 1. The highest BCUT2D eigenvalue weighted by Gasteiger charge is 2.18. The lowest BCUT2D eigenvalue weighted by Gasteiger charge is -2.21. The Labute approximate surface area is 111 Å². The Bertz CT molecular complexity index is 494. The summed E-state index contributed by atoms with van der Waals surface area (Å²) in [4.78, 5) is 1.60. The largest absolute Gasteiger partial charge is 0.459 e. The minimum atomic E-state index is -2.32. The van der Waals surface area contributed by atoms with Gasteiger partial charge < -0.3 is 9.73 Å². The van der Waals surface area contributed by atoms with Crippen molar-refractivity contribution in [2.24, 2.45) is 0 Å². The zero-order valence-corrected chi connectivity index (χ0v) is 11.1. The highest BCUT2D eigenvalue weighted by molar-refractivity contribution is 5.77. The summed E-state index contributed by atoms with van der Waals surface area (Å²) in [6, 6.07) is 9.57. The van der Waals surface area contributed by atoms with Crippen LogP contribution < -0.4 is 5.32 Å². The number of likely N-dealkylation sites (N-methyl/N-ethyl adjacent to an activating group) is 2. The SMILES string of the molecule is CNC(CN(C)CC(F)F)c1cc2ccccc2o1. The van der Waals surface area contributed by atoms with E-state index in [2.05, 4.69) is 5.32 Å². The van der Waals surface area contributed by atoms with Gasteiger partial charge in [-0.15, -0.1) is 0 Å². The average Bonchev–Trinajstić information content (AvgIpc) is 2.78. The van der Waals surface area contributed by atoms with Crippen molar-refractivity contribution in [2.45, 2.75) is 12.5 Å². The van der Waals surface area contributed by atoms with Crippen molar-refractivity contribution < 1.29 is 13.2 Å². The van der Waals surface area contributed by atoms with E-state index < -0.39 is 6.43 Å². The fourth-order valence-corrected chi connectivity index (χ4v) is 2.12. The Morgan fingerprint density at radius 2 is 2.00 bits per heavy atom. The molecule has 1 heterocycles. The third kappa shape index (κ3) is 3.52. The molecule has 0 saturated carbocycles. The molecule has 0 amide bonds. The Balaban J connectivity index is 2.12. The Morgan fingerprint density at radius 3 is 2.63 bits per heavy atom. The zero-order valence-electron chi connectivity index (χ0n) is 11.1. The Hall–Kier alpha value is -1.46. The second kappa shape index (κ2) is 6.12. The first-order valence-electron chi connectivity index (χ1n) is 6.22. The van der Waals surface area contributed by atoms with Gasteiger partial charge in [0.2, 0.25) is 0 Å². The van der Waals surface area contributed by atoms with Gasteiger partial charge >= 0.3 is 0 Å². The van der Waals surface area contributed by atoms with Crippen LogP contribution in [0.1, 0.15) is 11.8 Å². The van der Waals surface area contributed by atoms with Gasteiger partial charge in [-0.3, -0.25) is 4.90 Å². The number of hydrogen-bond acceptors (Lipinski definition) is 3. The van der Waals surface area contributed by atoms with E-state index >= 15 is 0 Å². The summed E-state index contributed by atoms with van der Waals surface area (Å²) in [5.74, 6) is 0.768. The summed E-state index contributed by atoms with van der Waals surface area (Å²) < 4.78 is 30.4. The molecule has 3 nitrogen and oxygen atoms in total. The fourth-order valence-electron chi connectivity index (χ4n) is 2.12. The summed E-state index contributed by atoms with van der Waals surface area (Å²) >= 11 is 0. The van der Waals surface area contributed by atoms with Crippen LogP contribution in [0.2, 0.25) is 0 Å². The quantitative estimate of drug-likeness (QED) is 0.873. The number of furan rings is 1. The summed E-state index contributed by atoms with van der Waals surface area (Å²) in [6.45, 7) is 0.235. The van der Waals surface area contributed by atoms with Gasteiger partial charge in [-0.1, -0.05) is 18.2 Å². The number of hydrogen-bond donors (Lipinski definition) is 1. The normalized spacial score (nSPS) is 13.6. The molecule has 1 aromatic carbocycles. The van der Waals surface area contributed by atoms with Crippen LogP contribution in [0.4, 0.5) is 8.78 Å². The van der Waals surface area contributed by atoms with Crippen LogP contribution in [-0.4, -0.2) is 38.5 Å². The molecule has 5 heteroatoms. The van der Waals surface area contributed by atoms with Gasteiger partial charge in [-0.2, -0.15) is 0 Å². The average molecular weight is 268 g/mol. The second-order valence-electron chi connectivity index (χ2n) is 4.64. The predicted molar refractivity (Wildman–Crippen MR) is 71.5 cm³/mol. The monoisotopic (exact) mass is 268 g/mol. The maximum absolute atomic E-state index is 12.3. The smallest absolute Gasteiger partial charge is 0.251 e. The third-order valence-corrected chi connectivity index (χ3v) is 3.08. The topological polar surface area (TPSA) is 28.4 Å². The lowest BCUT2D eigenvalue weighted by molar-refractivity contribution is 0.0951. The molecule has 104 valence electrons. The lowest BCUT2D eigenvalue weighted by Crippen LogP contribution is -2.33. The van der Waals surface area contributed by atoms with E-state index in [0.717, 1.165) is 16.7 Å². The van der Waals surface area contributed by atoms with E-state index in [0.29, 0.717) is 6.54 Å². The molecule has 1 unspecified atom stereocenters. The van der Waals surface area contributed by atoms with Crippen LogP contribution >= 0.6 is 0 Å². The molecule has 1 atom stereocenters. The van der Waals surface area contributed by atoms with Gasteiger partial charge in [0.25, 0.3) is 6.43 Å². The van der Waals surface area contributed by atoms with Crippen molar-refractivity contribution in [3.63, 3.8) is 0 Å². The highest BCUT2D eigenvalue weighted by Crippen LogP contribution is 2.24. The number of benzene rings is 1. The highest BCUT2D eigenvalue weighted by atomic mass is 19.3. The molecule has 0 bridgehead atoms. The number of nitrogens with one attached hydrogen (secondary N) is 1. The Kier molecular flexibility index (Phi) is 4.50. The first-order chi connectivity index (χ1) is 9.10. The van der Waals surface area contributed by atoms with Crippen LogP contribution in [0.15, 0.2) is 34.7 Å². The van der Waals surface area contributed by atoms with E-state index in [4.69, 9.17) is 4.42 Å². The van der Waals surface area contributed by atoms with E-state index in [1.807, 2.05) is 30.3 Å². The van der Waals surface area contributed by atoms with E-state index in [-0.39, 0.29) is 12.6 Å². The molecule has 0 aliphatic rings. The molecule has 0 fully saturated rings. The number of para-hydroxylation sites is 1. The molecule has 0 saturated heterocycles. The van der Waals surface area contributed by atoms with Crippen molar-refractivity contribution in [3.05, 3.63) is 36.1 Å². The minimum absolute atomic E-state index is 0.101. The van der Waals surface area contributed by atoms with Crippen LogP contribution in [0, 0.1) is 0 Å². The number of nitrogens with zero attached hydrogens (tertiary/aromatic N) is 1. The van der Waals surface area contributed by atoms with Crippen LogP contribution in [0.3, 0.4) is 0 Å². The van der Waals surface area contributed by atoms with Gasteiger partial charge in [0, 0.05) is 11.9 Å². The lowest BCUT2D eigenvalue weighted by atomic mass is 10.2. The van der Waals surface area contributed by atoms with Gasteiger partial charge in [0.05, 0.1) is 12.6 Å². The van der Waals surface area contributed by atoms with E-state index in [9.17, 15) is 8.78 Å². The van der Waals surface area contributed by atoms with Crippen molar-refractivity contribution in [1.29, 1.82) is 0 Å². The summed E-state index contributed by atoms with van der Waals surface area (Å²) in [7, 11) is 3.48. The Morgan fingerprint density at radius 1 is 1.26 bits per heavy atom. The van der Waals surface area contributed by atoms with Crippen LogP contribution in [0.25, 0.3) is 11.0 Å². The van der Waals surface area contributed by atoms with Crippen molar-refractivity contribution in [3.8, 4) is 0 Å². The molecule has 0 spiro atoms. The molecule has 0 radical (unpaired) electrons.